The summed E-state index contributed by atoms with van der Waals surface area (Å²) in [5, 5.41) is 6.78. The topological polar surface area (TPSA) is 37.8 Å². The quantitative estimate of drug-likeness (QED) is 0.202. The molecule has 3 aromatic carbocycles. The predicted octanol–water partition coefficient (Wildman–Crippen LogP) is 8.71. The molecule has 0 radical (unpaired) electrons. The Balaban J connectivity index is 1.27. The summed E-state index contributed by atoms with van der Waals surface area (Å²) in [5.41, 5.74) is 8.44. The fourth-order valence-corrected chi connectivity index (χ4v) is 5.72. The van der Waals surface area contributed by atoms with Gasteiger partial charge in [0.2, 0.25) is 0 Å². The first-order valence-corrected chi connectivity index (χ1v) is 13.8. The van der Waals surface area contributed by atoms with E-state index >= 15 is 0 Å². The predicted molar refractivity (Wildman–Crippen MR) is 162 cm³/mol. The van der Waals surface area contributed by atoms with Gasteiger partial charge in [0.15, 0.2) is 5.13 Å². The highest BCUT2D eigenvalue weighted by atomic mass is 32.1. The number of nitrogens with one attached hydrogen (secondary N) is 1. The van der Waals surface area contributed by atoms with Gasteiger partial charge in [-0.3, -0.25) is 4.98 Å². The Morgan fingerprint density at radius 1 is 0.842 bits per heavy atom. The molecule has 0 aliphatic rings. The highest BCUT2D eigenvalue weighted by molar-refractivity contribution is 7.13. The average Bonchev–Trinajstić information content (AvgIpc) is 3.41. The number of rotatable bonds is 10. The second kappa shape index (κ2) is 11.6. The third-order valence-corrected chi connectivity index (χ3v) is 7.87. The number of aromatic nitrogens is 2. The largest absolute Gasteiger partial charge is 0.361 e. The van der Waals surface area contributed by atoms with Gasteiger partial charge in [-0.25, -0.2) is 4.98 Å². The van der Waals surface area contributed by atoms with Crippen LogP contribution < -0.4 is 5.32 Å². The zero-order valence-corrected chi connectivity index (χ0v) is 22.8. The van der Waals surface area contributed by atoms with Gasteiger partial charge >= 0.3 is 0 Å². The molecule has 5 aromatic rings. The van der Waals surface area contributed by atoms with E-state index in [1.807, 2.05) is 30.6 Å². The number of benzene rings is 3. The lowest BCUT2D eigenvalue weighted by atomic mass is 9.71. The first-order valence-electron chi connectivity index (χ1n) is 13.0. The van der Waals surface area contributed by atoms with Gasteiger partial charge in [0.05, 0.1) is 5.69 Å². The van der Waals surface area contributed by atoms with Crippen LogP contribution in [0.1, 0.15) is 47.7 Å². The van der Waals surface area contributed by atoms with Crippen LogP contribution in [-0.2, 0) is 6.42 Å². The average molecular weight is 516 g/mol. The summed E-state index contributed by atoms with van der Waals surface area (Å²) in [6.45, 7) is 9.37. The van der Waals surface area contributed by atoms with Gasteiger partial charge < -0.3 is 5.32 Å². The molecule has 0 fully saturated rings. The van der Waals surface area contributed by atoms with Gasteiger partial charge in [-0.2, -0.15) is 0 Å². The summed E-state index contributed by atoms with van der Waals surface area (Å²) >= 11 is 1.68. The van der Waals surface area contributed by atoms with Gasteiger partial charge in [0.25, 0.3) is 0 Å². The molecule has 190 valence electrons. The molecule has 0 aliphatic heterocycles. The highest BCUT2D eigenvalue weighted by Gasteiger charge is 2.32. The van der Waals surface area contributed by atoms with E-state index in [9.17, 15) is 0 Å². The Morgan fingerprint density at radius 2 is 1.50 bits per heavy atom. The SMILES string of the molecule is C=Cc1ccc(C(c2ccccc2)C(C)(C)CNc2nc(Cc3ccc(-c4ccncc4)cc3)cs2)cc1. The molecule has 5 rings (SSSR count). The Labute approximate surface area is 230 Å². The van der Waals surface area contributed by atoms with E-state index in [2.05, 4.69) is 115 Å². The van der Waals surface area contributed by atoms with Crippen molar-refractivity contribution in [2.75, 3.05) is 11.9 Å². The number of anilines is 1. The van der Waals surface area contributed by atoms with E-state index in [1.165, 1.54) is 27.8 Å². The van der Waals surface area contributed by atoms with Crippen LogP contribution in [0.5, 0.6) is 0 Å². The molecule has 0 saturated heterocycles. The van der Waals surface area contributed by atoms with Gasteiger partial charge in [-0.1, -0.05) is 105 Å². The Morgan fingerprint density at radius 3 is 2.18 bits per heavy atom. The Bertz CT molecular complexity index is 1450. The third-order valence-electron chi connectivity index (χ3n) is 7.02. The maximum atomic E-state index is 4.90. The van der Waals surface area contributed by atoms with Crippen LogP contribution in [0, 0.1) is 5.41 Å². The lowest BCUT2D eigenvalue weighted by Gasteiger charge is -2.35. The lowest BCUT2D eigenvalue weighted by Crippen LogP contribution is -2.31. The van der Waals surface area contributed by atoms with Crippen LogP contribution >= 0.6 is 11.3 Å². The summed E-state index contributed by atoms with van der Waals surface area (Å²) in [5.74, 6) is 0.244. The molecule has 2 aromatic heterocycles. The normalized spacial score (nSPS) is 12.2. The van der Waals surface area contributed by atoms with Crippen LogP contribution in [0.2, 0.25) is 0 Å². The molecular weight excluding hydrogens is 482 g/mol. The van der Waals surface area contributed by atoms with Gasteiger partial charge in [-0.05, 0) is 50.9 Å². The first kappa shape index (κ1) is 25.6. The standard InChI is InChI=1S/C34H33N3S/c1-4-25-10-16-30(17-11-25)32(29-8-6-5-7-9-29)34(2,3)24-36-33-37-31(23-38-33)22-26-12-14-27(15-13-26)28-18-20-35-21-19-28/h4-21,23,32H,1,22,24H2,2-3H3,(H,36,37). The number of hydrogen-bond donors (Lipinski definition) is 1. The van der Waals surface area contributed by atoms with Crippen molar-refractivity contribution >= 4 is 22.5 Å². The summed E-state index contributed by atoms with van der Waals surface area (Å²) in [6.07, 6.45) is 6.37. The van der Waals surface area contributed by atoms with Crippen LogP contribution in [0.4, 0.5) is 5.13 Å². The lowest BCUT2D eigenvalue weighted by molar-refractivity contribution is 0.340. The first-order chi connectivity index (χ1) is 18.5. The summed E-state index contributed by atoms with van der Waals surface area (Å²) < 4.78 is 0. The van der Waals surface area contributed by atoms with Gasteiger partial charge in [0.1, 0.15) is 0 Å². The van der Waals surface area contributed by atoms with Gasteiger partial charge in [-0.15, -0.1) is 11.3 Å². The van der Waals surface area contributed by atoms with E-state index in [0.29, 0.717) is 0 Å². The van der Waals surface area contributed by atoms with Crippen LogP contribution in [0.15, 0.2) is 115 Å². The maximum Gasteiger partial charge on any atom is 0.182 e. The van der Waals surface area contributed by atoms with Crippen molar-refractivity contribution < 1.29 is 0 Å². The van der Waals surface area contributed by atoms with E-state index in [4.69, 9.17) is 4.98 Å². The monoisotopic (exact) mass is 515 g/mol. The highest BCUT2D eigenvalue weighted by Crippen LogP contribution is 2.41. The van der Waals surface area contributed by atoms with Crippen LogP contribution in [0.25, 0.3) is 17.2 Å². The smallest absolute Gasteiger partial charge is 0.182 e. The van der Waals surface area contributed by atoms with E-state index in [-0.39, 0.29) is 11.3 Å². The second-order valence-electron chi connectivity index (χ2n) is 10.3. The molecule has 0 saturated carbocycles. The molecule has 4 heteroatoms. The zero-order valence-electron chi connectivity index (χ0n) is 22.0. The third kappa shape index (κ3) is 6.09. The van der Waals surface area contributed by atoms with Crippen molar-refractivity contribution in [1.82, 2.24) is 9.97 Å². The van der Waals surface area contributed by atoms with Crippen molar-refractivity contribution in [1.29, 1.82) is 0 Å². The van der Waals surface area contributed by atoms with Crippen molar-refractivity contribution in [3.8, 4) is 11.1 Å². The molecule has 38 heavy (non-hydrogen) atoms. The molecule has 1 N–H and O–H groups in total. The maximum absolute atomic E-state index is 4.90. The second-order valence-corrected chi connectivity index (χ2v) is 11.2. The summed E-state index contributed by atoms with van der Waals surface area (Å²) in [4.78, 5) is 9.01. The van der Waals surface area contributed by atoms with Gasteiger partial charge in [0, 0.05) is 36.7 Å². The number of thiazole rings is 1. The number of nitrogens with zero attached hydrogens (tertiary/aromatic N) is 2. The van der Waals surface area contributed by atoms with Crippen molar-refractivity contribution in [3.63, 3.8) is 0 Å². The molecule has 1 unspecified atom stereocenters. The van der Waals surface area contributed by atoms with Crippen molar-refractivity contribution in [2.24, 2.45) is 5.41 Å². The number of pyridine rings is 1. The summed E-state index contributed by atoms with van der Waals surface area (Å²) in [7, 11) is 0. The molecular formula is C34H33N3S. The van der Waals surface area contributed by atoms with Crippen molar-refractivity contribution in [3.05, 3.63) is 143 Å². The Kier molecular flexibility index (Phi) is 7.81. The van der Waals surface area contributed by atoms with Crippen LogP contribution in [0.3, 0.4) is 0 Å². The zero-order chi connectivity index (χ0) is 26.4. The molecule has 2 heterocycles. The summed E-state index contributed by atoms with van der Waals surface area (Å²) in [6, 6.07) is 32.4. The molecule has 0 spiro atoms. The Hall–Kier alpha value is -4.02. The molecule has 0 amide bonds. The molecule has 3 nitrogen and oxygen atoms in total. The minimum Gasteiger partial charge on any atom is -0.361 e. The fourth-order valence-electron chi connectivity index (χ4n) is 5.01. The van der Waals surface area contributed by atoms with E-state index in [0.717, 1.165) is 29.4 Å². The van der Waals surface area contributed by atoms with Crippen molar-refractivity contribution in [2.45, 2.75) is 26.2 Å². The molecule has 0 aliphatic carbocycles. The number of hydrogen-bond acceptors (Lipinski definition) is 4. The fraction of sp³-hybridized carbons (Fsp3) is 0.176. The van der Waals surface area contributed by atoms with E-state index in [1.54, 1.807) is 11.3 Å². The molecule has 0 bridgehead atoms. The van der Waals surface area contributed by atoms with E-state index < -0.39 is 0 Å². The molecule has 1 atom stereocenters. The van der Waals surface area contributed by atoms with Crippen LogP contribution in [-0.4, -0.2) is 16.5 Å². The minimum atomic E-state index is -0.0499. The minimum absolute atomic E-state index is 0.0499.